The van der Waals surface area contributed by atoms with Crippen LogP contribution in [0.4, 0.5) is 4.79 Å². The maximum atomic E-state index is 11.5. The van der Waals surface area contributed by atoms with E-state index in [2.05, 4.69) is 16.2 Å². The Bertz CT molecular complexity index is 432. The Morgan fingerprint density at radius 1 is 1.21 bits per heavy atom. The molecular formula is C13H19N3O3. The predicted octanol–water partition coefficient (Wildman–Crippen LogP) is 0.678. The Labute approximate surface area is 112 Å². The van der Waals surface area contributed by atoms with Crippen LogP contribution in [0, 0.1) is 0 Å². The number of hydrazine groups is 1. The molecule has 1 unspecified atom stereocenters. The number of amides is 3. The molecule has 0 spiro atoms. The summed E-state index contributed by atoms with van der Waals surface area (Å²) in [6, 6.07) is 8.84. The van der Waals surface area contributed by atoms with Crippen molar-refractivity contribution >= 4 is 11.9 Å². The zero-order valence-electron chi connectivity index (χ0n) is 11.1. The van der Waals surface area contributed by atoms with Gasteiger partial charge in [0.05, 0.1) is 0 Å². The molecule has 0 saturated carbocycles. The average molecular weight is 265 g/mol. The molecule has 6 nitrogen and oxygen atoms in total. The van der Waals surface area contributed by atoms with E-state index in [9.17, 15) is 14.7 Å². The van der Waals surface area contributed by atoms with E-state index in [0.717, 1.165) is 5.56 Å². The SMILES string of the molecule is CCC(C)(O)C(=O)NNC(=O)NCc1ccccc1. The highest BCUT2D eigenvalue weighted by Crippen LogP contribution is 2.06. The minimum absolute atomic E-state index is 0.256. The van der Waals surface area contributed by atoms with Crippen LogP contribution in [0.5, 0.6) is 0 Å². The van der Waals surface area contributed by atoms with Crippen LogP contribution in [0.15, 0.2) is 30.3 Å². The molecule has 6 heteroatoms. The van der Waals surface area contributed by atoms with Gasteiger partial charge < -0.3 is 10.4 Å². The summed E-state index contributed by atoms with van der Waals surface area (Å²) in [5, 5.41) is 12.2. The summed E-state index contributed by atoms with van der Waals surface area (Å²) in [6.45, 7) is 3.41. The fraction of sp³-hybridized carbons (Fsp3) is 0.385. The van der Waals surface area contributed by atoms with Gasteiger partial charge in [-0.1, -0.05) is 37.3 Å². The molecule has 0 aliphatic carbocycles. The summed E-state index contributed by atoms with van der Waals surface area (Å²) in [7, 11) is 0. The molecule has 1 aromatic rings. The molecule has 0 aliphatic heterocycles. The maximum absolute atomic E-state index is 11.5. The Balaban J connectivity index is 2.31. The Kier molecular flexibility index (Phi) is 5.32. The second-order valence-electron chi connectivity index (χ2n) is 4.37. The number of carbonyl (C=O) groups is 2. The van der Waals surface area contributed by atoms with E-state index in [1.807, 2.05) is 30.3 Å². The summed E-state index contributed by atoms with van der Waals surface area (Å²) < 4.78 is 0. The quantitative estimate of drug-likeness (QED) is 0.603. The van der Waals surface area contributed by atoms with Gasteiger partial charge in [-0.15, -0.1) is 0 Å². The van der Waals surface area contributed by atoms with Crippen molar-refractivity contribution in [3.8, 4) is 0 Å². The Hall–Kier alpha value is -2.08. The van der Waals surface area contributed by atoms with E-state index in [1.54, 1.807) is 6.92 Å². The normalized spacial score (nSPS) is 13.2. The highest BCUT2D eigenvalue weighted by Gasteiger charge is 2.27. The number of hydrogen-bond acceptors (Lipinski definition) is 3. The maximum Gasteiger partial charge on any atom is 0.333 e. The number of nitrogens with one attached hydrogen (secondary N) is 3. The van der Waals surface area contributed by atoms with E-state index in [4.69, 9.17) is 0 Å². The number of urea groups is 1. The summed E-state index contributed by atoms with van der Waals surface area (Å²) in [5.74, 6) is -0.648. The standard InChI is InChI=1S/C13H19N3O3/c1-3-13(2,19)11(17)15-16-12(18)14-9-10-7-5-4-6-8-10/h4-8,19H,3,9H2,1-2H3,(H,15,17)(H2,14,16,18). The number of benzene rings is 1. The molecule has 3 amide bonds. The van der Waals surface area contributed by atoms with E-state index in [0.29, 0.717) is 6.54 Å². The van der Waals surface area contributed by atoms with Crippen molar-refractivity contribution in [3.63, 3.8) is 0 Å². The fourth-order valence-electron chi connectivity index (χ4n) is 1.23. The molecule has 0 heterocycles. The highest BCUT2D eigenvalue weighted by atomic mass is 16.3. The van der Waals surface area contributed by atoms with Crippen molar-refractivity contribution in [2.24, 2.45) is 0 Å². The third kappa shape index (κ3) is 4.97. The molecule has 4 N–H and O–H groups in total. The molecule has 0 bridgehead atoms. The van der Waals surface area contributed by atoms with Crippen molar-refractivity contribution in [3.05, 3.63) is 35.9 Å². The lowest BCUT2D eigenvalue weighted by Gasteiger charge is -2.20. The van der Waals surface area contributed by atoms with Gasteiger partial charge in [-0.2, -0.15) is 0 Å². The van der Waals surface area contributed by atoms with E-state index in [-0.39, 0.29) is 6.42 Å². The molecule has 1 aromatic carbocycles. The summed E-state index contributed by atoms with van der Waals surface area (Å²) in [5.41, 5.74) is 3.80. The summed E-state index contributed by atoms with van der Waals surface area (Å²) in [4.78, 5) is 22.9. The third-order valence-corrected chi connectivity index (χ3v) is 2.76. The molecule has 19 heavy (non-hydrogen) atoms. The average Bonchev–Trinajstić information content (AvgIpc) is 2.43. The van der Waals surface area contributed by atoms with Gasteiger partial charge in [0.15, 0.2) is 0 Å². The third-order valence-electron chi connectivity index (χ3n) is 2.76. The van der Waals surface area contributed by atoms with Gasteiger partial charge >= 0.3 is 6.03 Å². The monoisotopic (exact) mass is 265 g/mol. The number of hydrogen-bond donors (Lipinski definition) is 4. The minimum atomic E-state index is -1.49. The second kappa shape index (κ2) is 6.75. The molecule has 0 saturated heterocycles. The van der Waals surface area contributed by atoms with Crippen LogP contribution in [0.2, 0.25) is 0 Å². The number of carbonyl (C=O) groups excluding carboxylic acids is 2. The molecule has 0 aliphatic rings. The molecule has 0 aromatic heterocycles. The molecule has 1 atom stereocenters. The Morgan fingerprint density at radius 3 is 2.42 bits per heavy atom. The Morgan fingerprint density at radius 2 is 1.84 bits per heavy atom. The second-order valence-corrected chi connectivity index (χ2v) is 4.37. The molecule has 0 fully saturated rings. The first kappa shape index (κ1) is 15.0. The summed E-state index contributed by atoms with van der Waals surface area (Å²) >= 11 is 0. The van der Waals surface area contributed by atoms with Crippen molar-refractivity contribution < 1.29 is 14.7 Å². The van der Waals surface area contributed by atoms with Gasteiger partial charge in [-0.25, -0.2) is 10.2 Å². The first-order valence-corrected chi connectivity index (χ1v) is 6.06. The topological polar surface area (TPSA) is 90.5 Å². The molecule has 1 rings (SSSR count). The fourth-order valence-corrected chi connectivity index (χ4v) is 1.23. The smallest absolute Gasteiger partial charge is 0.333 e. The van der Waals surface area contributed by atoms with Crippen molar-refractivity contribution in [2.75, 3.05) is 0 Å². The van der Waals surface area contributed by atoms with Gasteiger partial charge in [0.2, 0.25) is 0 Å². The van der Waals surface area contributed by atoms with E-state index in [1.165, 1.54) is 6.92 Å². The largest absolute Gasteiger partial charge is 0.380 e. The molecular weight excluding hydrogens is 246 g/mol. The minimum Gasteiger partial charge on any atom is -0.380 e. The van der Waals surface area contributed by atoms with Crippen LogP contribution >= 0.6 is 0 Å². The van der Waals surface area contributed by atoms with Crippen molar-refractivity contribution in [1.82, 2.24) is 16.2 Å². The predicted molar refractivity (Wildman–Crippen MR) is 70.9 cm³/mol. The molecule has 0 radical (unpaired) electrons. The number of rotatable bonds is 4. The van der Waals surface area contributed by atoms with Gasteiger partial charge in [-0.05, 0) is 18.9 Å². The van der Waals surface area contributed by atoms with Crippen LogP contribution in [0.25, 0.3) is 0 Å². The molecule has 104 valence electrons. The van der Waals surface area contributed by atoms with Crippen LogP contribution in [-0.2, 0) is 11.3 Å². The zero-order valence-corrected chi connectivity index (χ0v) is 11.1. The first-order valence-electron chi connectivity index (χ1n) is 6.06. The van der Waals surface area contributed by atoms with Gasteiger partial charge in [0.1, 0.15) is 5.60 Å². The van der Waals surface area contributed by atoms with Crippen molar-refractivity contribution in [1.29, 1.82) is 0 Å². The van der Waals surface area contributed by atoms with Crippen LogP contribution in [0.3, 0.4) is 0 Å². The van der Waals surface area contributed by atoms with E-state index < -0.39 is 17.5 Å². The number of aliphatic hydroxyl groups is 1. The zero-order chi connectivity index (χ0) is 14.3. The lowest BCUT2D eigenvalue weighted by Crippen LogP contribution is -2.53. The lowest BCUT2D eigenvalue weighted by atomic mass is 10.0. The van der Waals surface area contributed by atoms with Crippen molar-refractivity contribution in [2.45, 2.75) is 32.4 Å². The van der Waals surface area contributed by atoms with E-state index >= 15 is 0 Å². The highest BCUT2D eigenvalue weighted by molar-refractivity contribution is 5.86. The first-order chi connectivity index (χ1) is 8.95. The van der Waals surface area contributed by atoms with Crippen LogP contribution in [0.1, 0.15) is 25.8 Å². The van der Waals surface area contributed by atoms with Gasteiger partial charge in [0, 0.05) is 6.54 Å². The lowest BCUT2D eigenvalue weighted by molar-refractivity contribution is -0.139. The van der Waals surface area contributed by atoms with Crippen LogP contribution < -0.4 is 16.2 Å². The summed E-state index contributed by atoms with van der Waals surface area (Å²) in [6.07, 6.45) is 0.256. The van der Waals surface area contributed by atoms with Gasteiger partial charge in [-0.3, -0.25) is 10.2 Å². The van der Waals surface area contributed by atoms with Crippen LogP contribution in [-0.4, -0.2) is 22.6 Å². The van der Waals surface area contributed by atoms with Gasteiger partial charge in [0.25, 0.3) is 5.91 Å².